The highest BCUT2D eigenvalue weighted by molar-refractivity contribution is 5.31. The van der Waals surface area contributed by atoms with Crippen LogP contribution < -0.4 is 9.47 Å². The Morgan fingerprint density at radius 1 is 0.391 bits per heavy atom. The monoisotopic (exact) mass is 639 g/mol. The van der Waals surface area contributed by atoms with Gasteiger partial charge < -0.3 is 9.47 Å². The molecular weight excluding hydrogens is 560 g/mol. The van der Waals surface area contributed by atoms with Gasteiger partial charge in [0.05, 0.1) is 13.2 Å². The highest BCUT2D eigenvalue weighted by Crippen LogP contribution is 2.38. The van der Waals surface area contributed by atoms with Gasteiger partial charge in [-0.1, -0.05) is 181 Å². The normalized spacial score (nSPS) is 21.8. The van der Waals surface area contributed by atoms with Gasteiger partial charge in [0.25, 0.3) is 0 Å². The predicted molar refractivity (Wildman–Crippen MR) is 201 cm³/mol. The summed E-state index contributed by atoms with van der Waals surface area (Å²) in [4.78, 5) is 0. The van der Waals surface area contributed by atoms with Gasteiger partial charge in [-0.2, -0.15) is 0 Å². The van der Waals surface area contributed by atoms with Crippen LogP contribution in [0.2, 0.25) is 0 Å². The maximum Gasteiger partial charge on any atom is 0.119 e. The highest BCUT2D eigenvalue weighted by atomic mass is 16.5. The molecule has 0 N–H and O–H groups in total. The van der Waals surface area contributed by atoms with Crippen LogP contribution in [0.15, 0.2) is 24.3 Å². The van der Waals surface area contributed by atoms with Gasteiger partial charge in [-0.25, -0.2) is 0 Å². The maximum absolute atomic E-state index is 6.17. The van der Waals surface area contributed by atoms with Crippen LogP contribution in [0.5, 0.6) is 11.5 Å². The summed E-state index contributed by atoms with van der Waals surface area (Å²) < 4.78 is 12.3. The Kier molecular flexibility index (Phi) is 22.8. The lowest BCUT2D eigenvalue weighted by Crippen LogP contribution is -2.20. The Balaban J connectivity index is 1.21. The molecule has 2 fully saturated rings. The third-order valence-corrected chi connectivity index (χ3v) is 11.8. The zero-order valence-corrected chi connectivity index (χ0v) is 31.1. The first kappa shape index (κ1) is 39.3. The molecular formula is C44H78O2. The van der Waals surface area contributed by atoms with Gasteiger partial charge >= 0.3 is 0 Å². The van der Waals surface area contributed by atoms with Gasteiger partial charge in [-0.15, -0.1) is 0 Å². The van der Waals surface area contributed by atoms with Crippen molar-refractivity contribution >= 4 is 0 Å². The van der Waals surface area contributed by atoms with Crippen molar-refractivity contribution in [1.29, 1.82) is 0 Å². The van der Waals surface area contributed by atoms with E-state index in [0.29, 0.717) is 0 Å². The van der Waals surface area contributed by atoms with Crippen LogP contribution in [0, 0.1) is 23.7 Å². The summed E-state index contributed by atoms with van der Waals surface area (Å²) in [6, 6.07) is 8.45. The molecule has 0 heterocycles. The lowest BCUT2D eigenvalue weighted by Gasteiger charge is -2.32. The first-order valence-electron chi connectivity index (χ1n) is 21.2. The Bertz CT molecular complexity index is 736. The molecule has 46 heavy (non-hydrogen) atoms. The maximum atomic E-state index is 6.17. The van der Waals surface area contributed by atoms with E-state index in [1.54, 1.807) is 0 Å². The van der Waals surface area contributed by atoms with E-state index in [9.17, 15) is 0 Å². The second kappa shape index (κ2) is 26.7. The summed E-state index contributed by atoms with van der Waals surface area (Å²) in [7, 11) is 0. The second-order valence-corrected chi connectivity index (χ2v) is 15.6. The van der Waals surface area contributed by atoms with Crippen molar-refractivity contribution in [1.82, 2.24) is 0 Å². The number of rotatable bonds is 28. The second-order valence-electron chi connectivity index (χ2n) is 15.6. The Morgan fingerprint density at radius 2 is 0.674 bits per heavy atom. The van der Waals surface area contributed by atoms with Crippen LogP contribution in [0.4, 0.5) is 0 Å². The molecule has 4 atom stereocenters. The van der Waals surface area contributed by atoms with Gasteiger partial charge in [-0.05, 0) is 73.6 Å². The summed E-state index contributed by atoms with van der Waals surface area (Å²) in [5.74, 6) is 5.82. The average Bonchev–Trinajstić information content (AvgIpc) is 3.09. The lowest BCUT2D eigenvalue weighted by atomic mass is 9.74. The van der Waals surface area contributed by atoms with Crippen molar-refractivity contribution in [3.63, 3.8) is 0 Å². The Labute approximate surface area is 288 Å². The first-order valence-corrected chi connectivity index (χ1v) is 21.2. The van der Waals surface area contributed by atoms with Crippen molar-refractivity contribution in [2.45, 2.75) is 206 Å². The van der Waals surface area contributed by atoms with E-state index in [1.807, 2.05) is 0 Å². The SMILES string of the molecule is CCCCCCCCCCC1CCCCC1CCCOc1ccc(OCCCC2CCCCC2CCCCCCCCCC)cc1. The standard InChI is InChI=1S/C44H78O2/c1-3-5-7-9-11-13-15-17-25-39-27-19-21-29-41(39)31-23-37-45-43-33-35-44(36-34-43)46-38-24-32-42-30-22-20-28-40(42)26-18-16-14-12-10-8-6-4-2/h33-36,39-42H,3-32,37-38H2,1-2H3. The minimum Gasteiger partial charge on any atom is -0.494 e. The number of hydrogen-bond acceptors (Lipinski definition) is 2. The quantitative estimate of drug-likeness (QED) is 0.0850. The molecule has 0 radical (unpaired) electrons. The van der Waals surface area contributed by atoms with Crippen LogP contribution >= 0.6 is 0 Å². The molecule has 0 aliphatic heterocycles. The summed E-state index contributed by atoms with van der Waals surface area (Å²) in [5, 5.41) is 0. The molecule has 0 amide bonds. The molecule has 0 spiro atoms. The minimum absolute atomic E-state index is 0.850. The van der Waals surface area contributed by atoms with E-state index in [-0.39, 0.29) is 0 Å². The predicted octanol–water partition coefficient (Wildman–Crippen LogP) is 14.7. The average molecular weight is 639 g/mol. The molecule has 1 aromatic rings. The number of unbranched alkanes of at least 4 members (excludes halogenated alkanes) is 14. The molecule has 266 valence electrons. The van der Waals surface area contributed by atoms with E-state index in [4.69, 9.17) is 9.47 Å². The zero-order valence-electron chi connectivity index (χ0n) is 31.1. The molecule has 4 unspecified atom stereocenters. The van der Waals surface area contributed by atoms with Gasteiger partial charge in [-0.3, -0.25) is 0 Å². The van der Waals surface area contributed by atoms with E-state index in [1.165, 1.54) is 193 Å². The topological polar surface area (TPSA) is 18.5 Å². The third kappa shape index (κ3) is 17.8. The largest absolute Gasteiger partial charge is 0.494 e. The molecule has 2 saturated carbocycles. The Hall–Kier alpha value is -1.18. The minimum atomic E-state index is 0.850. The van der Waals surface area contributed by atoms with Crippen molar-refractivity contribution < 1.29 is 9.47 Å². The highest BCUT2D eigenvalue weighted by Gasteiger charge is 2.25. The van der Waals surface area contributed by atoms with Crippen LogP contribution in [0.25, 0.3) is 0 Å². The zero-order chi connectivity index (χ0) is 32.3. The molecule has 0 aromatic heterocycles. The van der Waals surface area contributed by atoms with Gasteiger partial charge in [0.1, 0.15) is 11.5 Å². The van der Waals surface area contributed by atoms with Gasteiger partial charge in [0.15, 0.2) is 0 Å². The van der Waals surface area contributed by atoms with Crippen LogP contribution in [-0.2, 0) is 0 Å². The molecule has 3 rings (SSSR count). The molecule has 2 aliphatic rings. The fourth-order valence-electron chi connectivity index (χ4n) is 8.87. The van der Waals surface area contributed by atoms with E-state index < -0.39 is 0 Å². The smallest absolute Gasteiger partial charge is 0.119 e. The molecule has 2 aliphatic carbocycles. The van der Waals surface area contributed by atoms with E-state index in [2.05, 4.69) is 38.1 Å². The fraction of sp³-hybridized carbons (Fsp3) is 0.864. The lowest BCUT2D eigenvalue weighted by molar-refractivity contribution is 0.189. The van der Waals surface area contributed by atoms with Crippen LogP contribution in [0.1, 0.15) is 206 Å². The van der Waals surface area contributed by atoms with Crippen molar-refractivity contribution in [3.8, 4) is 11.5 Å². The number of ether oxygens (including phenoxy) is 2. The van der Waals surface area contributed by atoms with Gasteiger partial charge in [0.2, 0.25) is 0 Å². The molecule has 1 aromatic carbocycles. The van der Waals surface area contributed by atoms with E-state index >= 15 is 0 Å². The molecule has 0 bridgehead atoms. The third-order valence-electron chi connectivity index (χ3n) is 11.8. The summed E-state index contributed by atoms with van der Waals surface area (Å²) in [6.45, 7) is 6.32. The molecule has 2 nitrogen and oxygen atoms in total. The van der Waals surface area contributed by atoms with Crippen LogP contribution in [-0.4, -0.2) is 13.2 Å². The Morgan fingerprint density at radius 3 is 1.00 bits per heavy atom. The van der Waals surface area contributed by atoms with Gasteiger partial charge in [0, 0.05) is 0 Å². The number of benzene rings is 1. The van der Waals surface area contributed by atoms with Crippen molar-refractivity contribution in [2.24, 2.45) is 23.7 Å². The van der Waals surface area contributed by atoms with Crippen LogP contribution in [0.3, 0.4) is 0 Å². The van der Waals surface area contributed by atoms with Crippen molar-refractivity contribution in [3.05, 3.63) is 24.3 Å². The summed E-state index contributed by atoms with van der Waals surface area (Å²) in [6.07, 6.45) is 42.7. The molecule has 2 heteroatoms. The van der Waals surface area contributed by atoms with E-state index in [0.717, 1.165) is 48.4 Å². The van der Waals surface area contributed by atoms with Crippen molar-refractivity contribution in [2.75, 3.05) is 13.2 Å². The summed E-state index contributed by atoms with van der Waals surface area (Å²) in [5.41, 5.74) is 0. The first-order chi connectivity index (χ1) is 22.8. The number of hydrogen-bond donors (Lipinski definition) is 0. The fourth-order valence-corrected chi connectivity index (χ4v) is 8.87. The molecule has 0 saturated heterocycles. The summed E-state index contributed by atoms with van der Waals surface area (Å²) >= 11 is 0.